The average molecular weight is 459 g/mol. The monoisotopic (exact) mass is 458 g/mol. The topological polar surface area (TPSA) is 60.9 Å². The third-order valence-corrected chi connectivity index (χ3v) is 6.41. The van der Waals surface area contributed by atoms with Crippen LogP contribution in [-0.2, 0) is 16.0 Å². The smallest absolute Gasteiger partial charge is 0.277 e. The van der Waals surface area contributed by atoms with Crippen molar-refractivity contribution in [3.63, 3.8) is 0 Å². The Morgan fingerprint density at radius 1 is 0.935 bits per heavy atom. The minimum absolute atomic E-state index is 0.0719. The number of benzene rings is 2. The summed E-state index contributed by atoms with van der Waals surface area (Å²) in [6.07, 6.45) is 2.34. The molecule has 4 rings (SSSR count). The molecule has 5 nitrogen and oxygen atoms in total. The van der Waals surface area contributed by atoms with Gasteiger partial charge in [0.25, 0.3) is 11.8 Å². The van der Waals surface area contributed by atoms with Crippen LogP contribution in [0.4, 0.5) is 0 Å². The minimum Gasteiger partial charge on any atom is -0.396 e. The van der Waals surface area contributed by atoms with Crippen molar-refractivity contribution in [2.45, 2.75) is 19.3 Å². The lowest BCUT2D eigenvalue weighted by Gasteiger charge is -2.34. The molecular weight excluding hydrogens is 435 g/mol. The Morgan fingerprint density at radius 3 is 2.23 bits per heavy atom. The summed E-state index contributed by atoms with van der Waals surface area (Å²) in [7, 11) is 0. The van der Waals surface area contributed by atoms with Crippen molar-refractivity contribution in [1.82, 2.24) is 9.80 Å². The van der Waals surface area contributed by atoms with E-state index < -0.39 is 0 Å². The van der Waals surface area contributed by atoms with Crippen LogP contribution in [0.3, 0.4) is 0 Å². The fourth-order valence-electron chi connectivity index (χ4n) is 4.25. The van der Waals surface area contributed by atoms with Gasteiger partial charge in [-0.1, -0.05) is 47.5 Å². The first kappa shape index (κ1) is 21.9. The molecule has 1 fully saturated rings. The number of nitrogens with zero attached hydrogens (tertiary/aromatic N) is 2. The summed E-state index contributed by atoms with van der Waals surface area (Å²) in [5, 5.41) is 10.9. The summed E-state index contributed by atoms with van der Waals surface area (Å²) < 4.78 is 0. The van der Waals surface area contributed by atoms with Gasteiger partial charge in [0, 0.05) is 36.3 Å². The molecule has 0 radical (unpaired) electrons. The van der Waals surface area contributed by atoms with Gasteiger partial charge in [0.2, 0.25) is 0 Å². The zero-order valence-electron chi connectivity index (χ0n) is 17.1. The second kappa shape index (κ2) is 9.43. The SMILES string of the molecule is O=C1C(c2ccc(Cl)cc2)=C(N2CCCC(CO)C2)C(=O)N1CCc1ccc(Cl)cc1. The standard InChI is InChI=1S/C24H24Cl2N2O3/c25-19-7-3-16(4-8-19)11-13-28-23(30)21(18-5-9-20(26)10-6-18)22(24(28)31)27-12-1-2-17(14-27)15-29/h3-10,17,29H,1-2,11-15H2. The molecule has 0 bridgehead atoms. The number of imide groups is 1. The highest BCUT2D eigenvalue weighted by Crippen LogP contribution is 2.34. The van der Waals surface area contributed by atoms with E-state index >= 15 is 0 Å². The molecule has 7 heteroatoms. The van der Waals surface area contributed by atoms with E-state index in [1.165, 1.54) is 4.90 Å². The van der Waals surface area contributed by atoms with Gasteiger partial charge < -0.3 is 10.0 Å². The van der Waals surface area contributed by atoms with E-state index in [-0.39, 0.29) is 30.9 Å². The van der Waals surface area contributed by atoms with Gasteiger partial charge in [-0.05, 0) is 60.6 Å². The van der Waals surface area contributed by atoms with Crippen molar-refractivity contribution in [1.29, 1.82) is 0 Å². The van der Waals surface area contributed by atoms with Crippen molar-refractivity contribution < 1.29 is 14.7 Å². The molecule has 2 aromatic carbocycles. The van der Waals surface area contributed by atoms with E-state index in [1.807, 2.05) is 17.0 Å². The van der Waals surface area contributed by atoms with E-state index in [0.29, 0.717) is 46.4 Å². The predicted octanol–water partition coefficient (Wildman–Crippen LogP) is 4.02. The van der Waals surface area contributed by atoms with E-state index in [2.05, 4.69) is 0 Å². The summed E-state index contributed by atoms with van der Waals surface area (Å²) >= 11 is 12.0. The predicted molar refractivity (Wildman–Crippen MR) is 122 cm³/mol. The van der Waals surface area contributed by atoms with E-state index in [9.17, 15) is 14.7 Å². The van der Waals surface area contributed by atoms with Crippen LogP contribution < -0.4 is 0 Å². The molecule has 2 aromatic rings. The summed E-state index contributed by atoms with van der Waals surface area (Å²) in [6.45, 7) is 1.61. The van der Waals surface area contributed by atoms with Gasteiger partial charge in [-0.3, -0.25) is 14.5 Å². The van der Waals surface area contributed by atoms with Crippen molar-refractivity contribution in [2.24, 2.45) is 5.92 Å². The second-order valence-corrected chi connectivity index (χ2v) is 8.88. The van der Waals surface area contributed by atoms with Crippen LogP contribution in [-0.4, -0.2) is 53.0 Å². The van der Waals surface area contributed by atoms with E-state index in [0.717, 1.165) is 18.4 Å². The first-order chi connectivity index (χ1) is 15.0. The molecule has 2 amide bonds. The molecule has 0 saturated carbocycles. The third-order valence-electron chi connectivity index (χ3n) is 5.91. The largest absolute Gasteiger partial charge is 0.396 e. The molecule has 2 heterocycles. The van der Waals surface area contributed by atoms with Gasteiger partial charge in [0.1, 0.15) is 5.70 Å². The van der Waals surface area contributed by atoms with Gasteiger partial charge in [-0.25, -0.2) is 0 Å². The fourth-order valence-corrected chi connectivity index (χ4v) is 4.50. The number of aliphatic hydroxyl groups excluding tert-OH is 1. The molecule has 1 unspecified atom stereocenters. The number of amides is 2. The molecule has 1 saturated heterocycles. The van der Waals surface area contributed by atoms with Crippen LogP contribution in [0.25, 0.3) is 5.57 Å². The maximum Gasteiger partial charge on any atom is 0.277 e. The Labute approximate surface area is 191 Å². The lowest BCUT2D eigenvalue weighted by molar-refractivity contribution is -0.137. The lowest BCUT2D eigenvalue weighted by atomic mass is 9.97. The summed E-state index contributed by atoms with van der Waals surface area (Å²) in [5.74, 6) is -0.469. The summed E-state index contributed by atoms with van der Waals surface area (Å²) in [4.78, 5) is 30.1. The number of rotatable bonds is 6. The maximum absolute atomic E-state index is 13.4. The molecular formula is C24H24Cl2N2O3. The van der Waals surface area contributed by atoms with Crippen LogP contribution in [0.2, 0.25) is 10.0 Å². The lowest BCUT2D eigenvalue weighted by Crippen LogP contribution is -2.41. The Kier molecular flexibility index (Phi) is 6.65. The Bertz CT molecular complexity index is 1000. The first-order valence-corrected chi connectivity index (χ1v) is 11.2. The highest BCUT2D eigenvalue weighted by Gasteiger charge is 2.42. The van der Waals surface area contributed by atoms with Crippen LogP contribution in [0, 0.1) is 5.92 Å². The van der Waals surface area contributed by atoms with E-state index in [1.54, 1.807) is 36.4 Å². The number of carbonyl (C=O) groups is 2. The van der Waals surface area contributed by atoms with Crippen molar-refractivity contribution >= 4 is 40.6 Å². The molecule has 1 atom stereocenters. The molecule has 0 spiro atoms. The molecule has 0 aliphatic carbocycles. The van der Waals surface area contributed by atoms with Crippen molar-refractivity contribution in [3.8, 4) is 0 Å². The van der Waals surface area contributed by atoms with Gasteiger partial charge in [0.15, 0.2) is 0 Å². The third kappa shape index (κ3) is 4.64. The number of carbonyl (C=O) groups excluding carboxylic acids is 2. The zero-order chi connectivity index (χ0) is 22.0. The van der Waals surface area contributed by atoms with Crippen molar-refractivity contribution in [2.75, 3.05) is 26.2 Å². The quantitative estimate of drug-likeness (QED) is 0.663. The number of hydrogen-bond acceptors (Lipinski definition) is 4. The molecule has 1 N–H and O–H groups in total. The molecule has 2 aliphatic heterocycles. The number of piperidine rings is 1. The first-order valence-electron chi connectivity index (χ1n) is 10.4. The number of likely N-dealkylation sites (tertiary alicyclic amines) is 1. The van der Waals surface area contributed by atoms with Gasteiger partial charge in [-0.15, -0.1) is 0 Å². The van der Waals surface area contributed by atoms with Crippen LogP contribution in [0.5, 0.6) is 0 Å². The average Bonchev–Trinajstić information content (AvgIpc) is 3.03. The Balaban J connectivity index is 1.64. The Hall–Kier alpha value is -2.34. The van der Waals surface area contributed by atoms with Crippen LogP contribution in [0.1, 0.15) is 24.0 Å². The van der Waals surface area contributed by atoms with Crippen molar-refractivity contribution in [3.05, 3.63) is 75.4 Å². The van der Waals surface area contributed by atoms with Gasteiger partial charge in [0.05, 0.1) is 5.57 Å². The van der Waals surface area contributed by atoms with E-state index in [4.69, 9.17) is 23.2 Å². The van der Waals surface area contributed by atoms with Crippen LogP contribution >= 0.6 is 23.2 Å². The van der Waals surface area contributed by atoms with Crippen LogP contribution in [0.15, 0.2) is 54.2 Å². The second-order valence-electron chi connectivity index (χ2n) is 8.01. The Morgan fingerprint density at radius 2 is 1.58 bits per heavy atom. The normalized spacial score (nSPS) is 19.5. The van der Waals surface area contributed by atoms with Gasteiger partial charge in [-0.2, -0.15) is 0 Å². The maximum atomic E-state index is 13.4. The number of halogens is 2. The number of aliphatic hydroxyl groups is 1. The molecule has 31 heavy (non-hydrogen) atoms. The highest BCUT2D eigenvalue weighted by atomic mass is 35.5. The molecule has 162 valence electrons. The fraction of sp³-hybridized carbons (Fsp3) is 0.333. The minimum atomic E-state index is -0.289. The summed E-state index contributed by atoms with van der Waals surface area (Å²) in [6, 6.07) is 14.4. The summed E-state index contributed by atoms with van der Waals surface area (Å²) in [5.41, 5.74) is 2.53. The highest BCUT2D eigenvalue weighted by molar-refractivity contribution is 6.36. The molecule has 2 aliphatic rings. The number of hydrogen-bond donors (Lipinski definition) is 1. The van der Waals surface area contributed by atoms with Gasteiger partial charge >= 0.3 is 0 Å². The molecule has 0 aromatic heterocycles. The zero-order valence-corrected chi connectivity index (χ0v) is 18.6.